The Morgan fingerprint density at radius 3 is 2.75 bits per heavy atom. The third kappa shape index (κ3) is 4.54. The summed E-state index contributed by atoms with van der Waals surface area (Å²) in [6.45, 7) is 6.08. The molecule has 2 aliphatic heterocycles. The van der Waals surface area contributed by atoms with Gasteiger partial charge in [-0.2, -0.15) is 24.7 Å². The Morgan fingerprint density at radius 2 is 1.97 bits per heavy atom. The average molecular weight is 524 g/mol. The third-order valence-electron chi connectivity index (χ3n) is 5.15. The number of ether oxygens (including phenoxy) is 2. The van der Waals surface area contributed by atoms with Gasteiger partial charge in [0.05, 0.1) is 22.9 Å². The Hall–Kier alpha value is -3.84. The number of aliphatic imine (C=N–C) groups is 1. The molecule has 4 heterocycles. The number of benzene rings is 1. The molecule has 0 unspecified atom stereocenters. The summed E-state index contributed by atoms with van der Waals surface area (Å²) in [4.78, 5) is 34.0. The maximum Gasteiger partial charge on any atom is 0.283 e. The van der Waals surface area contributed by atoms with Crippen LogP contribution in [0.5, 0.6) is 11.5 Å². The lowest BCUT2D eigenvalue weighted by Crippen LogP contribution is -2.35. The summed E-state index contributed by atoms with van der Waals surface area (Å²) in [5.41, 5.74) is 0.986. The van der Waals surface area contributed by atoms with Gasteiger partial charge in [0.2, 0.25) is 10.1 Å². The number of nitrogens with one attached hydrogen (secondary N) is 1. The van der Waals surface area contributed by atoms with Gasteiger partial charge in [0.1, 0.15) is 11.6 Å². The van der Waals surface area contributed by atoms with Gasteiger partial charge in [-0.05, 0) is 55.8 Å². The van der Waals surface area contributed by atoms with E-state index in [2.05, 4.69) is 20.2 Å². The summed E-state index contributed by atoms with van der Waals surface area (Å²) in [7, 11) is 0. The predicted molar refractivity (Wildman–Crippen MR) is 139 cm³/mol. The lowest BCUT2D eigenvalue weighted by Gasteiger charge is -2.20. The number of nitrogens with zero attached hydrogens (tertiary/aromatic N) is 6. The van der Waals surface area contributed by atoms with E-state index in [-0.39, 0.29) is 23.6 Å². The minimum Gasteiger partial charge on any atom is -0.490 e. The number of hydrogen-bond donors (Lipinski definition) is 1. The number of fused-ring (bicyclic) bond motifs is 2. The fourth-order valence-corrected chi connectivity index (χ4v) is 5.11. The number of thioether (sulfide) groups is 1. The molecule has 3 aromatic rings. The van der Waals surface area contributed by atoms with Gasteiger partial charge in [0.15, 0.2) is 17.3 Å². The van der Waals surface area contributed by atoms with Crippen molar-refractivity contribution < 1.29 is 14.3 Å². The molecule has 2 aliphatic rings. The van der Waals surface area contributed by atoms with Crippen molar-refractivity contribution in [2.45, 2.75) is 33.8 Å². The molecular weight excluding hydrogens is 502 g/mol. The van der Waals surface area contributed by atoms with Gasteiger partial charge in [-0.15, -0.1) is 0 Å². The zero-order valence-corrected chi connectivity index (χ0v) is 21.3. The topological polar surface area (TPSA) is 135 Å². The molecule has 1 N–H and O–H groups in total. The number of aromatic nitrogens is 3. The van der Waals surface area contributed by atoms with Crippen LogP contribution in [0, 0.1) is 5.41 Å². The molecule has 184 valence electrons. The summed E-state index contributed by atoms with van der Waals surface area (Å²) < 4.78 is 13.0. The largest absolute Gasteiger partial charge is 0.490 e. The number of hydrazone groups is 1. The smallest absolute Gasteiger partial charge is 0.283 e. The molecule has 0 saturated carbocycles. The molecule has 13 heteroatoms. The standard InChI is InChI=1S/C23H21N7O4S2/c1-4-18-28-29-19(31)10-14(25-22(29)36-18)11-34-16-7-6-13(9-17(16)33-5-2)8-15-20(24)30-23(26-21(15)32)35-12(3)27-30/h6-10,24H,4-5,11H2,1-3H3/b15-8-,24-20?. The molecular formula is C23H21N7O4S2. The number of rotatable bonds is 7. The molecule has 2 aromatic heterocycles. The minimum atomic E-state index is -0.496. The van der Waals surface area contributed by atoms with Crippen LogP contribution >= 0.6 is 23.1 Å². The first-order chi connectivity index (χ1) is 17.4. The van der Waals surface area contributed by atoms with Crippen LogP contribution in [0.25, 0.3) is 11.0 Å². The van der Waals surface area contributed by atoms with Crippen molar-refractivity contribution >= 4 is 56.1 Å². The highest BCUT2D eigenvalue weighted by molar-refractivity contribution is 8.26. The molecule has 0 fully saturated rings. The molecule has 0 atom stereocenters. The molecule has 0 saturated heterocycles. The molecule has 11 nitrogen and oxygen atoms in total. The Balaban J connectivity index is 1.39. The molecule has 5 rings (SSSR count). The van der Waals surface area contributed by atoms with E-state index in [9.17, 15) is 9.59 Å². The van der Waals surface area contributed by atoms with Gasteiger partial charge in [-0.1, -0.05) is 24.3 Å². The predicted octanol–water partition coefficient (Wildman–Crippen LogP) is 3.33. The first kappa shape index (κ1) is 23.9. The van der Waals surface area contributed by atoms with E-state index >= 15 is 0 Å². The van der Waals surface area contributed by atoms with Crippen molar-refractivity contribution in [1.29, 1.82) is 5.41 Å². The fourth-order valence-electron chi connectivity index (χ4n) is 3.52. The lowest BCUT2D eigenvalue weighted by atomic mass is 10.1. The average Bonchev–Trinajstić information content (AvgIpc) is 3.44. The summed E-state index contributed by atoms with van der Waals surface area (Å²) in [5, 5.41) is 20.2. The van der Waals surface area contributed by atoms with Crippen molar-refractivity contribution in [1.82, 2.24) is 19.6 Å². The second-order valence-corrected chi connectivity index (χ2v) is 9.90. The van der Waals surface area contributed by atoms with E-state index in [4.69, 9.17) is 14.9 Å². The number of amidine groups is 2. The first-order valence-electron chi connectivity index (χ1n) is 11.1. The van der Waals surface area contributed by atoms with Crippen molar-refractivity contribution in [3.8, 4) is 11.5 Å². The van der Waals surface area contributed by atoms with Gasteiger partial charge in [0.25, 0.3) is 11.5 Å². The van der Waals surface area contributed by atoms with E-state index in [1.54, 1.807) is 31.2 Å². The SMILES string of the molecule is CCOc1cc(/C=C2/C(=N)N3N=C(C)SC3=NC2=O)ccc1OCc1cc(=O)n2nc(CC)sc2n1. The molecule has 1 aromatic carbocycles. The van der Waals surface area contributed by atoms with E-state index in [0.29, 0.717) is 44.5 Å². The van der Waals surface area contributed by atoms with Crippen LogP contribution in [-0.2, 0) is 17.8 Å². The zero-order valence-electron chi connectivity index (χ0n) is 19.6. The lowest BCUT2D eigenvalue weighted by molar-refractivity contribution is -0.114. The fraction of sp³-hybridized carbons (Fsp3) is 0.261. The van der Waals surface area contributed by atoms with Gasteiger partial charge >= 0.3 is 0 Å². The number of aryl methyl sites for hydroxylation is 1. The molecule has 0 aliphatic carbocycles. The van der Waals surface area contributed by atoms with Crippen molar-refractivity contribution in [2.75, 3.05) is 6.61 Å². The number of carbonyl (C=O) groups is 1. The third-order valence-corrected chi connectivity index (χ3v) is 7.03. The van der Waals surface area contributed by atoms with Crippen molar-refractivity contribution in [3.63, 3.8) is 0 Å². The van der Waals surface area contributed by atoms with Gasteiger partial charge < -0.3 is 9.47 Å². The van der Waals surface area contributed by atoms with Crippen LogP contribution in [0.1, 0.15) is 37.0 Å². The first-order valence-corrected chi connectivity index (χ1v) is 12.7. The van der Waals surface area contributed by atoms with Crippen LogP contribution in [0.3, 0.4) is 0 Å². The highest BCUT2D eigenvalue weighted by atomic mass is 32.2. The van der Waals surface area contributed by atoms with Gasteiger partial charge in [0, 0.05) is 6.07 Å². The van der Waals surface area contributed by atoms with Crippen molar-refractivity contribution in [3.05, 3.63) is 56.5 Å². The summed E-state index contributed by atoms with van der Waals surface area (Å²) in [6, 6.07) is 6.59. The number of hydrogen-bond acceptors (Lipinski definition) is 10. The van der Waals surface area contributed by atoms with E-state index < -0.39 is 5.91 Å². The zero-order chi connectivity index (χ0) is 25.4. The second kappa shape index (κ2) is 9.66. The Morgan fingerprint density at radius 1 is 1.14 bits per heavy atom. The quantitative estimate of drug-likeness (QED) is 0.466. The van der Waals surface area contributed by atoms with Crippen LogP contribution in [-0.4, -0.2) is 48.2 Å². The second-order valence-electron chi connectivity index (χ2n) is 7.70. The minimum absolute atomic E-state index is 0.0327. The van der Waals surface area contributed by atoms with Gasteiger partial charge in [-0.25, -0.2) is 4.98 Å². The molecule has 0 radical (unpaired) electrons. The van der Waals surface area contributed by atoms with Crippen LogP contribution in [0.4, 0.5) is 0 Å². The van der Waals surface area contributed by atoms with Crippen LogP contribution in [0.2, 0.25) is 0 Å². The van der Waals surface area contributed by atoms with Crippen LogP contribution in [0.15, 0.2) is 44.7 Å². The normalized spacial score (nSPS) is 16.4. The molecule has 1 amide bonds. The highest BCUT2D eigenvalue weighted by Gasteiger charge is 2.34. The summed E-state index contributed by atoms with van der Waals surface area (Å²) in [5.74, 6) is 0.389. The van der Waals surface area contributed by atoms with Crippen molar-refractivity contribution in [2.24, 2.45) is 10.1 Å². The molecule has 0 spiro atoms. The van der Waals surface area contributed by atoms with E-state index in [1.807, 2.05) is 13.8 Å². The van der Waals surface area contributed by atoms with Gasteiger partial charge in [-0.3, -0.25) is 15.0 Å². The maximum absolute atomic E-state index is 12.6. The Bertz CT molecular complexity index is 1550. The monoisotopic (exact) mass is 523 g/mol. The van der Waals surface area contributed by atoms with E-state index in [0.717, 1.165) is 11.4 Å². The number of amides is 1. The van der Waals surface area contributed by atoms with E-state index in [1.165, 1.54) is 38.7 Å². The summed E-state index contributed by atoms with van der Waals surface area (Å²) >= 11 is 2.63. The molecule has 36 heavy (non-hydrogen) atoms. The highest BCUT2D eigenvalue weighted by Crippen LogP contribution is 2.32. The van der Waals surface area contributed by atoms with Crippen LogP contribution < -0.4 is 15.0 Å². The Kier molecular flexibility index (Phi) is 6.41. The summed E-state index contributed by atoms with van der Waals surface area (Å²) in [6.07, 6.45) is 2.30. The number of carbonyl (C=O) groups excluding carboxylic acids is 1. The molecule has 0 bridgehead atoms. The maximum atomic E-state index is 12.6. The Labute approximate surface area is 213 Å².